The zero-order chi connectivity index (χ0) is 11.3. The van der Waals surface area contributed by atoms with E-state index in [2.05, 4.69) is 6.92 Å². The van der Waals surface area contributed by atoms with E-state index in [-0.39, 0.29) is 18.4 Å². The average Bonchev–Trinajstić information content (AvgIpc) is 2.19. The summed E-state index contributed by atoms with van der Waals surface area (Å²) in [4.78, 5) is 10.7. The summed E-state index contributed by atoms with van der Waals surface area (Å²) in [5, 5.41) is 0. The van der Waals surface area contributed by atoms with Gasteiger partial charge in [0.05, 0.1) is 6.10 Å². The molecule has 3 atom stereocenters. The lowest BCUT2D eigenvalue weighted by Crippen LogP contribution is -2.38. The molecule has 1 fully saturated rings. The molecule has 4 heteroatoms. The van der Waals surface area contributed by atoms with Crippen molar-refractivity contribution in [1.29, 1.82) is 0 Å². The maximum Gasteiger partial charge on any atom is 0.302 e. The van der Waals surface area contributed by atoms with Gasteiger partial charge in [-0.05, 0) is 25.7 Å². The fraction of sp³-hybridized carbons (Fsp3) is 0.909. The van der Waals surface area contributed by atoms with E-state index >= 15 is 0 Å². The van der Waals surface area contributed by atoms with Crippen LogP contribution in [-0.4, -0.2) is 31.6 Å². The van der Waals surface area contributed by atoms with E-state index in [1.165, 1.54) is 6.92 Å². The molecule has 1 aliphatic heterocycles. The number of carbonyl (C=O) groups is 1. The Labute approximate surface area is 90.9 Å². The average molecular weight is 216 g/mol. The van der Waals surface area contributed by atoms with Crippen LogP contribution >= 0.6 is 0 Å². The third kappa shape index (κ3) is 4.18. The van der Waals surface area contributed by atoms with E-state index in [9.17, 15) is 4.79 Å². The highest BCUT2D eigenvalue weighted by atomic mass is 16.7. The first kappa shape index (κ1) is 12.5. The van der Waals surface area contributed by atoms with Crippen LogP contribution in [0.15, 0.2) is 0 Å². The molecular weight excluding hydrogens is 196 g/mol. The minimum atomic E-state index is -0.260. The number of rotatable bonds is 4. The molecule has 4 nitrogen and oxygen atoms in total. The van der Waals surface area contributed by atoms with Gasteiger partial charge in [0.1, 0.15) is 6.61 Å². The third-order valence-electron chi connectivity index (χ3n) is 2.62. The lowest BCUT2D eigenvalue weighted by atomic mass is 9.96. The van der Waals surface area contributed by atoms with Crippen LogP contribution in [0.1, 0.15) is 33.6 Å². The number of hydrogen-bond donors (Lipinski definition) is 0. The van der Waals surface area contributed by atoms with Crippen LogP contribution in [0.4, 0.5) is 0 Å². The van der Waals surface area contributed by atoms with Gasteiger partial charge in [-0.2, -0.15) is 0 Å². The Morgan fingerprint density at radius 3 is 2.80 bits per heavy atom. The number of hydrogen-bond acceptors (Lipinski definition) is 4. The van der Waals surface area contributed by atoms with Crippen LogP contribution in [0.25, 0.3) is 0 Å². The van der Waals surface area contributed by atoms with E-state index < -0.39 is 0 Å². The summed E-state index contributed by atoms with van der Waals surface area (Å²) in [6, 6.07) is 0. The fourth-order valence-corrected chi connectivity index (χ4v) is 1.69. The summed E-state index contributed by atoms with van der Waals surface area (Å²) in [7, 11) is 0. The van der Waals surface area contributed by atoms with Gasteiger partial charge >= 0.3 is 5.97 Å². The molecule has 0 aromatic heterocycles. The molecule has 0 aromatic carbocycles. The first-order chi connectivity index (χ1) is 7.13. The lowest BCUT2D eigenvalue weighted by Gasteiger charge is -2.33. The highest BCUT2D eigenvalue weighted by molar-refractivity contribution is 5.65. The summed E-state index contributed by atoms with van der Waals surface area (Å²) >= 11 is 0. The second kappa shape index (κ2) is 6.08. The molecule has 0 radical (unpaired) electrons. The smallest absolute Gasteiger partial charge is 0.302 e. The van der Waals surface area contributed by atoms with Crippen LogP contribution < -0.4 is 0 Å². The molecule has 1 saturated heterocycles. The summed E-state index contributed by atoms with van der Waals surface area (Å²) in [6.07, 6.45) is 1.81. The largest absolute Gasteiger partial charge is 0.463 e. The van der Waals surface area contributed by atoms with Crippen molar-refractivity contribution in [2.24, 2.45) is 5.92 Å². The van der Waals surface area contributed by atoms with Crippen LogP contribution in [0.2, 0.25) is 0 Å². The van der Waals surface area contributed by atoms with E-state index in [0.717, 1.165) is 12.8 Å². The Hall–Kier alpha value is -0.610. The van der Waals surface area contributed by atoms with E-state index in [0.29, 0.717) is 19.1 Å². The zero-order valence-corrected chi connectivity index (χ0v) is 9.69. The Bertz CT molecular complexity index is 205. The van der Waals surface area contributed by atoms with Gasteiger partial charge in [0, 0.05) is 13.5 Å². The van der Waals surface area contributed by atoms with Crippen molar-refractivity contribution < 1.29 is 19.0 Å². The molecule has 0 aromatic rings. The third-order valence-corrected chi connectivity index (χ3v) is 2.62. The number of carbonyl (C=O) groups excluding carboxylic acids is 1. The monoisotopic (exact) mass is 216 g/mol. The molecule has 0 saturated carbocycles. The number of esters is 1. The second-order valence-electron chi connectivity index (χ2n) is 3.92. The summed E-state index contributed by atoms with van der Waals surface area (Å²) in [5.74, 6) is 0.158. The molecule has 0 bridgehead atoms. The predicted molar refractivity (Wildman–Crippen MR) is 55.3 cm³/mol. The van der Waals surface area contributed by atoms with Crippen LogP contribution in [-0.2, 0) is 19.0 Å². The van der Waals surface area contributed by atoms with E-state index in [1.807, 2.05) is 6.92 Å². The molecule has 1 rings (SSSR count). The van der Waals surface area contributed by atoms with Gasteiger partial charge in [0.15, 0.2) is 6.29 Å². The van der Waals surface area contributed by atoms with E-state index in [1.54, 1.807) is 0 Å². The van der Waals surface area contributed by atoms with Gasteiger partial charge < -0.3 is 14.2 Å². The molecule has 1 aliphatic rings. The van der Waals surface area contributed by atoms with E-state index in [4.69, 9.17) is 14.2 Å². The first-order valence-corrected chi connectivity index (χ1v) is 5.54. The quantitative estimate of drug-likeness (QED) is 0.671. The summed E-state index contributed by atoms with van der Waals surface area (Å²) < 4.78 is 16.1. The van der Waals surface area contributed by atoms with Crippen molar-refractivity contribution in [2.75, 3.05) is 13.2 Å². The molecule has 1 heterocycles. The second-order valence-corrected chi connectivity index (χ2v) is 3.92. The molecule has 88 valence electrons. The maximum absolute atomic E-state index is 10.7. The Balaban J connectivity index is 2.35. The Morgan fingerprint density at radius 1 is 1.47 bits per heavy atom. The maximum atomic E-state index is 10.7. The van der Waals surface area contributed by atoms with Crippen molar-refractivity contribution in [3.05, 3.63) is 0 Å². The molecule has 3 unspecified atom stereocenters. The van der Waals surface area contributed by atoms with Gasteiger partial charge in [-0.1, -0.05) is 6.92 Å². The SMILES string of the molecule is CCOC1CCC(C)C(COC(C)=O)O1. The van der Waals surface area contributed by atoms with Crippen molar-refractivity contribution in [2.45, 2.75) is 46.0 Å². The van der Waals surface area contributed by atoms with Gasteiger partial charge in [-0.3, -0.25) is 4.79 Å². The van der Waals surface area contributed by atoms with Crippen LogP contribution in [0, 0.1) is 5.92 Å². The molecule has 0 N–H and O–H groups in total. The highest BCUT2D eigenvalue weighted by Gasteiger charge is 2.29. The fourth-order valence-electron chi connectivity index (χ4n) is 1.69. The first-order valence-electron chi connectivity index (χ1n) is 5.54. The van der Waals surface area contributed by atoms with Gasteiger partial charge in [0.2, 0.25) is 0 Å². The zero-order valence-electron chi connectivity index (χ0n) is 9.69. The van der Waals surface area contributed by atoms with Gasteiger partial charge in [-0.25, -0.2) is 0 Å². The van der Waals surface area contributed by atoms with Crippen LogP contribution in [0.3, 0.4) is 0 Å². The minimum absolute atomic E-state index is 0.0285. The van der Waals surface area contributed by atoms with Crippen molar-refractivity contribution in [1.82, 2.24) is 0 Å². The molecule has 15 heavy (non-hydrogen) atoms. The van der Waals surface area contributed by atoms with Crippen LogP contribution in [0.5, 0.6) is 0 Å². The summed E-state index contributed by atoms with van der Waals surface area (Å²) in [5.41, 5.74) is 0. The molecular formula is C11H20O4. The highest BCUT2D eigenvalue weighted by Crippen LogP contribution is 2.25. The van der Waals surface area contributed by atoms with Gasteiger partial charge in [0.25, 0.3) is 0 Å². The van der Waals surface area contributed by atoms with Crippen molar-refractivity contribution >= 4 is 5.97 Å². The van der Waals surface area contributed by atoms with Crippen molar-refractivity contribution in [3.8, 4) is 0 Å². The van der Waals surface area contributed by atoms with Crippen molar-refractivity contribution in [3.63, 3.8) is 0 Å². The minimum Gasteiger partial charge on any atom is -0.463 e. The lowest BCUT2D eigenvalue weighted by molar-refractivity contribution is -0.217. The molecule has 0 spiro atoms. The summed E-state index contributed by atoms with van der Waals surface area (Å²) in [6.45, 7) is 6.45. The molecule has 0 aliphatic carbocycles. The predicted octanol–water partition coefficient (Wildman–Crippen LogP) is 1.73. The standard InChI is InChI=1S/C11H20O4/c1-4-13-11-6-5-8(2)10(15-11)7-14-9(3)12/h8,10-11H,4-7H2,1-3H3. The topological polar surface area (TPSA) is 44.8 Å². The molecule has 0 amide bonds. The normalized spacial score (nSPS) is 31.3. The van der Waals surface area contributed by atoms with Gasteiger partial charge in [-0.15, -0.1) is 0 Å². The Morgan fingerprint density at radius 2 is 2.20 bits per heavy atom. The Kier molecular flexibility index (Phi) is 5.05. The number of ether oxygens (including phenoxy) is 3.